The average molecular weight is 393 g/mol. The number of nitrogens with zero attached hydrogens (tertiary/aromatic N) is 2. The van der Waals surface area contributed by atoms with E-state index in [-0.39, 0.29) is 17.2 Å². The van der Waals surface area contributed by atoms with Crippen molar-refractivity contribution in [2.45, 2.75) is 6.18 Å². The highest BCUT2D eigenvalue weighted by atomic mass is 35.5. The van der Waals surface area contributed by atoms with Gasteiger partial charge in [-0.1, -0.05) is 17.7 Å². The van der Waals surface area contributed by atoms with Gasteiger partial charge in [-0.05, 0) is 42.5 Å². The van der Waals surface area contributed by atoms with E-state index in [0.717, 1.165) is 12.1 Å². The maximum absolute atomic E-state index is 12.7. The number of hydrogen-bond acceptors (Lipinski definition) is 4. The summed E-state index contributed by atoms with van der Waals surface area (Å²) in [6.07, 6.45) is -1.95. The molecule has 3 aromatic rings. The van der Waals surface area contributed by atoms with Gasteiger partial charge in [-0.15, -0.1) is 0 Å². The van der Waals surface area contributed by atoms with Crippen LogP contribution in [0.2, 0.25) is 5.02 Å². The van der Waals surface area contributed by atoms with E-state index in [1.165, 1.54) is 24.5 Å². The molecule has 0 radical (unpaired) electrons. The Morgan fingerprint density at radius 1 is 0.963 bits per heavy atom. The molecule has 2 N–H and O–H groups in total. The molecule has 2 aromatic carbocycles. The Morgan fingerprint density at radius 3 is 2.33 bits per heavy atom. The molecular formula is C18H12ClF3N4O. The molecule has 0 saturated heterocycles. The highest BCUT2D eigenvalue weighted by Gasteiger charge is 2.30. The summed E-state index contributed by atoms with van der Waals surface area (Å²) in [5.74, 6) is -0.271. The first-order chi connectivity index (χ1) is 12.8. The third-order valence-corrected chi connectivity index (χ3v) is 3.70. The van der Waals surface area contributed by atoms with Crippen LogP contribution in [0.15, 0.2) is 60.9 Å². The lowest BCUT2D eigenvalue weighted by atomic mass is 10.2. The molecule has 0 unspecified atom stereocenters. The number of benzene rings is 2. The number of nitrogens with one attached hydrogen (secondary N) is 2. The van der Waals surface area contributed by atoms with E-state index in [9.17, 15) is 18.0 Å². The van der Waals surface area contributed by atoms with Gasteiger partial charge in [-0.2, -0.15) is 13.2 Å². The van der Waals surface area contributed by atoms with Crippen LogP contribution in [0, 0.1) is 0 Å². The monoisotopic (exact) mass is 392 g/mol. The average Bonchev–Trinajstić information content (AvgIpc) is 2.64. The summed E-state index contributed by atoms with van der Waals surface area (Å²) < 4.78 is 38.2. The van der Waals surface area contributed by atoms with E-state index in [1.807, 2.05) is 0 Å². The van der Waals surface area contributed by atoms with Gasteiger partial charge in [0.2, 0.25) is 0 Å². The van der Waals surface area contributed by atoms with Gasteiger partial charge in [0.15, 0.2) is 0 Å². The summed E-state index contributed by atoms with van der Waals surface area (Å²) in [5, 5.41) is 5.89. The van der Waals surface area contributed by atoms with Crippen molar-refractivity contribution in [1.29, 1.82) is 0 Å². The SMILES string of the molecule is O=C(Nc1ccc(Cl)cc1)c1cnc(Nc2cccc(C(F)(F)F)c2)cn1. The lowest BCUT2D eigenvalue weighted by molar-refractivity contribution is -0.137. The molecule has 0 spiro atoms. The van der Waals surface area contributed by atoms with Crippen molar-refractivity contribution in [3.05, 3.63) is 77.2 Å². The Hall–Kier alpha value is -3.13. The number of rotatable bonds is 4. The number of alkyl halides is 3. The van der Waals surface area contributed by atoms with Crippen LogP contribution in [0.25, 0.3) is 0 Å². The van der Waals surface area contributed by atoms with Crippen LogP contribution < -0.4 is 10.6 Å². The molecule has 0 bridgehead atoms. The molecule has 1 amide bonds. The number of hydrogen-bond donors (Lipinski definition) is 2. The van der Waals surface area contributed by atoms with Crippen LogP contribution in [0.4, 0.5) is 30.4 Å². The first kappa shape index (κ1) is 18.7. The lowest BCUT2D eigenvalue weighted by Crippen LogP contribution is -2.14. The summed E-state index contributed by atoms with van der Waals surface area (Å²) in [7, 11) is 0. The smallest absolute Gasteiger partial charge is 0.339 e. The molecule has 5 nitrogen and oxygen atoms in total. The molecule has 27 heavy (non-hydrogen) atoms. The van der Waals surface area contributed by atoms with Gasteiger partial charge in [-0.3, -0.25) is 4.79 Å². The molecule has 0 aliphatic carbocycles. The second kappa shape index (κ2) is 7.63. The van der Waals surface area contributed by atoms with Crippen molar-refractivity contribution in [3.8, 4) is 0 Å². The highest BCUT2D eigenvalue weighted by molar-refractivity contribution is 6.30. The summed E-state index contributed by atoms with van der Waals surface area (Å²) >= 11 is 5.78. The molecule has 1 heterocycles. The maximum Gasteiger partial charge on any atom is 0.416 e. The molecule has 3 rings (SSSR count). The standard InChI is InChI=1S/C18H12ClF3N4O/c19-12-4-6-13(7-5-12)26-17(27)15-9-24-16(10-23-15)25-14-3-1-2-11(8-14)18(20,21)22/h1-10H,(H,24,25)(H,26,27). The Kier molecular flexibility index (Phi) is 5.27. The molecule has 0 fully saturated rings. The van der Waals surface area contributed by atoms with Crippen LogP contribution in [0.5, 0.6) is 0 Å². The maximum atomic E-state index is 12.7. The first-order valence-electron chi connectivity index (χ1n) is 7.64. The Balaban J connectivity index is 1.68. The third-order valence-electron chi connectivity index (χ3n) is 3.45. The zero-order valence-corrected chi connectivity index (χ0v) is 14.3. The van der Waals surface area contributed by atoms with Crippen LogP contribution in [0.1, 0.15) is 16.1 Å². The summed E-state index contributed by atoms with van der Waals surface area (Å²) in [5.41, 5.74) is 0.0221. The topological polar surface area (TPSA) is 66.9 Å². The molecule has 0 saturated carbocycles. The minimum Gasteiger partial charge on any atom is -0.339 e. The minimum absolute atomic E-state index is 0.0551. The van der Waals surface area contributed by atoms with Gasteiger partial charge >= 0.3 is 6.18 Å². The lowest BCUT2D eigenvalue weighted by Gasteiger charge is -2.10. The summed E-state index contributed by atoms with van der Waals surface area (Å²) in [4.78, 5) is 20.1. The number of carbonyl (C=O) groups excluding carboxylic acids is 1. The van der Waals surface area contributed by atoms with Gasteiger partial charge in [0.25, 0.3) is 5.91 Å². The van der Waals surface area contributed by atoms with Crippen molar-refractivity contribution in [2.75, 3.05) is 10.6 Å². The Labute approximate surface area is 157 Å². The zero-order chi connectivity index (χ0) is 19.4. The van der Waals surface area contributed by atoms with Gasteiger partial charge in [0.1, 0.15) is 11.5 Å². The molecule has 1 aromatic heterocycles. The van der Waals surface area contributed by atoms with Crippen LogP contribution in [-0.2, 0) is 6.18 Å². The summed E-state index contributed by atoms with van der Waals surface area (Å²) in [6, 6.07) is 11.2. The second-order valence-electron chi connectivity index (χ2n) is 5.45. The van der Waals surface area contributed by atoms with E-state index < -0.39 is 17.6 Å². The van der Waals surface area contributed by atoms with Gasteiger partial charge in [-0.25, -0.2) is 9.97 Å². The van der Waals surface area contributed by atoms with Gasteiger partial charge in [0, 0.05) is 16.4 Å². The van der Waals surface area contributed by atoms with Crippen molar-refractivity contribution in [1.82, 2.24) is 9.97 Å². The fourth-order valence-electron chi connectivity index (χ4n) is 2.16. The zero-order valence-electron chi connectivity index (χ0n) is 13.6. The quantitative estimate of drug-likeness (QED) is 0.644. The Morgan fingerprint density at radius 2 is 1.70 bits per heavy atom. The number of amides is 1. The molecule has 0 aliphatic heterocycles. The third kappa shape index (κ3) is 4.95. The largest absolute Gasteiger partial charge is 0.416 e. The van der Waals surface area contributed by atoms with Crippen LogP contribution in [-0.4, -0.2) is 15.9 Å². The molecule has 9 heteroatoms. The Bertz CT molecular complexity index is 944. The fourth-order valence-corrected chi connectivity index (χ4v) is 2.29. The minimum atomic E-state index is -4.44. The predicted octanol–water partition coefficient (Wildman–Crippen LogP) is 5.14. The normalized spacial score (nSPS) is 11.1. The van der Waals surface area contributed by atoms with Crippen molar-refractivity contribution < 1.29 is 18.0 Å². The van der Waals surface area contributed by atoms with E-state index >= 15 is 0 Å². The number of aromatic nitrogens is 2. The van der Waals surface area contributed by atoms with Crippen molar-refractivity contribution in [2.24, 2.45) is 0 Å². The van der Waals surface area contributed by atoms with Gasteiger partial charge < -0.3 is 10.6 Å². The highest BCUT2D eigenvalue weighted by Crippen LogP contribution is 2.31. The molecule has 0 atom stereocenters. The van der Waals surface area contributed by atoms with E-state index in [0.29, 0.717) is 10.7 Å². The van der Waals surface area contributed by atoms with Crippen molar-refractivity contribution in [3.63, 3.8) is 0 Å². The fraction of sp³-hybridized carbons (Fsp3) is 0.0556. The molecule has 0 aliphatic rings. The number of halogens is 4. The van der Waals surface area contributed by atoms with E-state index in [1.54, 1.807) is 24.3 Å². The van der Waals surface area contributed by atoms with E-state index in [2.05, 4.69) is 20.6 Å². The second-order valence-corrected chi connectivity index (χ2v) is 5.89. The number of anilines is 3. The summed E-state index contributed by atoms with van der Waals surface area (Å²) in [6.45, 7) is 0. The van der Waals surface area contributed by atoms with Crippen molar-refractivity contribution >= 4 is 34.7 Å². The van der Waals surface area contributed by atoms with Gasteiger partial charge in [0.05, 0.1) is 18.0 Å². The predicted molar refractivity (Wildman–Crippen MR) is 96.2 cm³/mol. The van der Waals surface area contributed by atoms with E-state index in [4.69, 9.17) is 11.6 Å². The van der Waals surface area contributed by atoms with Crippen LogP contribution >= 0.6 is 11.6 Å². The number of carbonyl (C=O) groups is 1. The van der Waals surface area contributed by atoms with Crippen LogP contribution in [0.3, 0.4) is 0 Å². The molecular weight excluding hydrogens is 381 g/mol. The molecule has 138 valence electrons. The first-order valence-corrected chi connectivity index (χ1v) is 8.02.